The Kier molecular flexibility index (Phi) is 2.78. The number of halogens is 3. The molecule has 0 spiro atoms. The number of alkyl halides is 3. The van der Waals surface area contributed by atoms with Crippen molar-refractivity contribution in [3.8, 4) is 0 Å². The Morgan fingerprint density at radius 1 is 1.26 bits per heavy atom. The zero-order valence-electron chi connectivity index (χ0n) is 10.1. The summed E-state index contributed by atoms with van der Waals surface area (Å²) in [5, 5.41) is 5.59. The second-order valence-corrected chi connectivity index (χ2v) is 4.96. The summed E-state index contributed by atoms with van der Waals surface area (Å²) >= 11 is 0. The zero-order valence-corrected chi connectivity index (χ0v) is 10.1. The number of benzene rings is 1. The Labute approximate surface area is 108 Å². The quantitative estimate of drug-likeness (QED) is 0.819. The SMILES string of the molecule is O=C1NCc2c1cc(C1CCNC1)cc2C(F)(F)F. The van der Waals surface area contributed by atoms with Crippen LogP contribution in [0.2, 0.25) is 0 Å². The van der Waals surface area contributed by atoms with Crippen molar-refractivity contribution in [2.75, 3.05) is 13.1 Å². The van der Waals surface area contributed by atoms with Crippen molar-refractivity contribution in [3.63, 3.8) is 0 Å². The number of carbonyl (C=O) groups excluding carboxylic acids is 1. The van der Waals surface area contributed by atoms with E-state index in [1.54, 1.807) is 6.07 Å². The summed E-state index contributed by atoms with van der Waals surface area (Å²) in [7, 11) is 0. The van der Waals surface area contributed by atoms with E-state index in [4.69, 9.17) is 0 Å². The van der Waals surface area contributed by atoms with Gasteiger partial charge in [0, 0.05) is 18.7 Å². The van der Waals surface area contributed by atoms with Crippen LogP contribution in [0.5, 0.6) is 0 Å². The van der Waals surface area contributed by atoms with Crippen molar-refractivity contribution < 1.29 is 18.0 Å². The Bertz CT molecular complexity index is 533. The third-order valence-electron chi connectivity index (χ3n) is 3.78. The molecule has 1 amide bonds. The van der Waals surface area contributed by atoms with Gasteiger partial charge in [0.1, 0.15) is 0 Å². The second-order valence-electron chi connectivity index (χ2n) is 4.96. The lowest BCUT2D eigenvalue weighted by molar-refractivity contribution is -0.138. The van der Waals surface area contributed by atoms with Gasteiger partial charge in [0.25, 0.3) is 5.91 Å². The van der Waals surface area contributed by atoms with Crippen molar-refractivity contribution in [3.05, 3.63) is 34.4 Å². The number of amides is 1. The fraction of sp³-hybridized carbons (Fsp3) is 0.462. The van der Waals surface area contributed by atoms with Crippen LogP contribution in [-0.2, 0) is 12.7 Å². The molecule has 0 saturated carbocycles. The number of fused-ring (bicyclic) bond motifs is 1. The number of carbonyl (C=O) groups is 1. The first-order valence-corrected chi connectivity index (χ1v) is 6.20. The van der Waals surface area contributed by atoms with Crippen molar-refractivity contribution in [2.45, 2.75) is 25.1 Å². The van der Waals surface area contributed by atoms with Gasteiger partial charge >= 0.3 is 6.18 Å². The second kappa shape index (κ2) is 4.23. The smallest absolute Gasteiger partial charge is 0.348 e. The Morgan fingerprint density at radius 2 is 2.05 bits per heavy atom. The molecule has 3 nitrogen and oxygen atoms in total. The molecule has 6 heteroatoms. The van der Waals surface area contributed by atoms with Gasteiger partial charge in [-0.1, -0.05) is 0 Å². The first-order valence-electron chi connectivity index (χ1n) is 6.20. The first-order chi connectivity index (χ1) is 8.97. The molecule has 2 aliphatic heterocycles. The standard InChI is InChI=1S/C13H13F3N2O/c14-13(15,16)11-4-8(7-1-2-17-5-7)3-9-10(11)6-18-12(9)19/h3-4,7,17H,1-2,5-6H2,(H,18,19). The lowest BCUT2D eigenvalue weighted by atomic mass is 9.91. The predicted molar refractivity (Wildman–Crippen MR) is 62.8 cm³/mol. The highest BCUT2D eigenvalue weighted by atomic mass is 19.4. The van der Waals surface area contributed by atoms with Gasteiger partial charge < -0.3 is 10.6 Å². The van der Waals surface area contributed by atoms with E-state index in [1.165, 1.54) is 6.07 Å². The molecule has 1 unspecified atom stereocenters. The maximum absolute atomic E-state index is 13.1. The first kappa shape index (κ1) is 12.5. The highest BCUT2D eigenvalue weighted by Gasteiger charge is 2.38. The lowest BCUT2D eigenvalue weighted by Gasteiger charge is -2.16. The molecule has 0 bridgehead atoms. The molecule has 2 N–H and O–H groups in total. The van der Waals surface area contributed by atoms with Crippen molar-refractivity contribution in [1.82, 2.24) is 10.6 Å². The van der Waals surface area contributed by atoms with Crippen molar-refractivity contribution in [1.29, 1.82) is 0 Å². The van der Waals surface area contributed by atoms with Gasteiger partial charge in [-0.25, -0.2) is 0 Å². The fourth-order valence-electron chi connectivity index (χ4n) is 2.78. The molecule has 0 aliphatic carbocycles. The summed E-state index contributed by atoms with van der Waals surface area (Å²) in [6.45, 7) is 1.43. The summed E-state index contributed by atoms with van der Waals surface area (Å²) < 4.78 is 39.2. The van der Waals surface area contributed by atoms with E-state index in [2.05, 4.69) is 10.6 Å². The Hall–Kier alpha value is -1.56. The van der Waals surface area contributed by atoms with Crippen molar-refractivity contribution >= 4 is 5.91 Å². The third kappa shape index (κ3) is 2.10. The Balaban J connectivity index is 2.13. The van der Waals surface area contributed by atoms with Crippen LogP contribution in [0.15, 0.2) is 12.1 Å². The van der Waals surface area contributed by atoms with Gasteiger partial charge in [-0.15, -0.1) is 0 Å². The van der Waals surface area contributed by atoms with E-state index in [1.807, 2.05) is 0 Å². The molecular formula is C13H13F3N2O. The molecular weight excluding hydrogens is 257 g/mol. The number of hydrogen-bond acceptors (Lipinski definition) is 2. The molecule has 1 atom stereocenters. The molecule has 1 aromatic rings. The summed E-state index contributed by atoms with van der Waals surface area (Å²) in [5.74, 6) is -0.354. The van der Waals surface area contributed by atoms with Crippen LogP contribution >= 0.6 is 0 Å². The van der Waals surface area contributed by atoms with Crippen LogP contribution in [0, 0.1) is 0 Å². The molecule has 0 radical (unpaired) electrons. The molecule has 3 rings (SSSR count). The third-order valence-corrected chi connectivity index (χ3v) is 3.78. The molecule has 102 valence electrons. The van der Waals surface area contributed by atoms with E-state index in [0.29, 0.717) is 12.1 Å². The number of hydrogen-bond donors (Lipinski definition) is 2. The Morgan fingerprint density at radius 3 is 2.68 bits per heavy atom. The van der Waals surface area contributed by atoms with Crippen LogP contribution < -0.4 is 10.6 Å². The number of rotatable bonds is 1. The monoisotopic (exact) mass is 270 g/mol. The highest BCUT2D eigenvalue weighted by molar-refractivity contribution is 5.99. The summed E-state index contributed by atoms with van der Waals surface area (Å²) in [5.41, 5.74) is 0.183. The largest absolute Gasteiger partial charge is 0.416 e. The van der Waals surface area contributed by atoms with E-state index in [-0.39, 0.29) is 23.6 Å². The summed E-state index contributed by atoms with van der Waals surface area (Å²) in [6.07, 6.45) is -3.61. The minimum Gasteiger partial charge on any atom is -0.348 e. The van der Waals surface area contributed by atoms with Gasteiger partial charge in [-0.2, -0.15) is 13.2 Å². The summed E-state index contributed by atoms with van der Waals surface area (Å²) in [4.78, 5) is 11.6. The molecule has 0 aromatic heterocycles. The molecule has 2 aliphatic rings. The number of nitrogens with one attached hydrogen (secondary N) is 2. The van der Waals surface area contributed by atoms with Gasteiger partial charge in [0.15, 0.2) is 0 Å². The molecule has 2 heterocycles. The molecule has 1 fully saturated rings. The van der Waals surface area contributed by atoms with Crippen LogP contribution in [0.25, 0.3) is 0 Å². The van der Waals surface area contributed by atoms with E-state index in [0.717, 1.165) is 13.0 Å². The highest BCUT2D eigenvalue weighted by Crippen LogP contribution is 2.38. The minimum atomic E-state index is -4.42. The van der Waals surface area contributed by atoms with E-state index < -0.39 is 17.6 Å². The van der Waals surface area contributed by atoms with Gasteiger partial charge in [-0.3, -0.25) is 4.79 Å². The minimum absolute atomic E-state index is 0.0355. The molecule has 1 saturated heterocycles. The van der Waals surface area contributed by atoms with Gasteiger partial charge in [0.2, 0.25) is 0 Å². The fourth-order valence-corrected chi connectivity index (χ4v) is 2.78. The van der Waals surface area contributed by atoms with Gasteiger partial charge in [-0.05, 0) is 42.1 Å². The predicted octanol–water partition coefficient (Wildman–Crippen LogP) is 2.03. The van der Waals surface area contributed by atoms with Crippen LogP contribution in [-0.4, -0.2) is 19.0 Å². The maximum Gasteiger partial charge on any atom is 0.416 e. The zero-order chi connectivity index (χ0) is 13.6. The normalized spacial score (nSPS) is 22.5. The topological polar surface area (TPSA) is 41.1 Å². The van der Waals surface area contributed by atoms with E-state index >= 15 is 0 Å². The molecule has 1 aromatic carbocycles. The van der Waals surface area contributed by atoms with Crippen LogP contribution in [0.1, 0.15) is 39.4 Å². The van der Waals surface area contributed by atoms with E-state index in [9.17, 15) is 18.0 Å². The van der Waals surface area contributed by atoms with Crippen molar-refractivity contribution in [2.24, 2.45) is 0 Å². The lowest BCUT2D eigenvalue weighted by Crippen LogP contribution is -2.13. The average molecular weight is 270 g/mol. The van der Waals surface area contributed by atoms with Gasteiger partial charge in [0.05, 0.1) is 5.56 Å². The van der Waals surface area contributed by atoms with Crippen LogP contribution in [0.4, 0.5) is 13.2 Å². The average Bonchev–Trinajstić information content (AvgIpc) is 2.97. The summed E-state index contributed by atoms with van der Waals surface area (Å²) in [6, 6.07) is 2.82. The molecule has 19 heavy (non-hydrogen) atoms. The van der Waals surface area contributed by atoms with Crippen LogP contribution in [0.3, 0.4) is 0 Å². The maximum atomic E-state index is 13.1.